The quantitative estimate of drug-likeness (QED) is 0.719. The molecule has 3 aromatic heterocycles. The van der Waals surface area contributed by atoms with Gasteiger partial charge in [-0.2, -0.15) is 0 Å². The van der Waals surface area contributed by atoms with E-state index in [9.17, 15) is 8.42 Å². The van der Waals surface area contributed by atoms with Gasteiger partial charge in [-0.15, -0.1) is 11.3 Å². The Morgan fingerprint density at radius 1 is 1.27 bits per heavy atom. The fraction of sp³-hybridized carbons (Fsp3) is 0.267. The molecule has 7 heteroatoms. The third kappa shape index (κ3) is 2.67. The van der Waals surface area contributed by atoms with Crippen LogP contribution in [0.25, 0.3) is 11.0 Å². The molecule has 3 rings (SSSR count). The van der Waals surface area contributed by atoms with Crippen LogP contribution in [0.1, 0.15) is 0 Å². The highest BCUT2D eigenvalue weighted by molar-refractivity contribution is 7.93. The molecule has 5 nitrogen and oxygen atoms in total. The molecule has 0 bridgehead atoms. The van der Waals surface area contributed by atoms with E-state index < -0.39 is 9.84 Å². The van der Waals surface area contributed by atoms with Gasteiger partial charge < -0.3 is 9.47 Å². The second kappa shape index (κ2) is 5.83. The molecule has 0 aliphatic rings. The number of sulfone groups is 1. The maximum absolute atomic E-state index is 12.8. The van der Waals surface area contributed by atoms with Gasteiger partial charge in [0.2, 0.25) is 9.84 Å². The van der Waals surface area contributed by atoms with Crippen LogP contribution in [-0.2, 0) is 16.4 Å². The van der Waals surface area contributed by atoms with Crippen LogP contribution in [0.3, 0.4) is 0 Å². The summed E-state index contributed by atoms with van der Waals surface area (Å²) in [5.41, 5.74) is 0.708. The van der Waals surface area contributed by atoms with Crippen LogP contribution in [0, 0.1) is 0 Å². The Labute approximate surface area is 133 Å². The van der Waals surface area contributed by atoms with Crippen LogP contribution < -0.4 is 0 Å². The zero-order valence-electron chi connectivity index (χ0n) is 12.4. The molecule has 0 spiro atoms. The second-order valence-corrected chi connectivity index (χ2v) is 8.39. The molecule has 0 radical (unpaired) electrons. The van der Waals surface area contributed by atoms with E-state index in [0.717, 1.165) is 6.54 Å². The highest BCUT2D eigenvalue weighted by atomic mass is 32.2. The van der Waals surface area contributed by atoms with Crippen molar-refractivity contribution in [3.05, 3.63) is 42.0 Å². The number of nitrogens with zero attached hydrogens (tertiary/aromatic N) is 3. The third-order valence-electron chi connectivity index (χ3n) is 3.43. The number of pyridine rings is 1. The molecular weight excluding hydrogens is 318 g/mol. The molecule has 0 saturated carbocycles. The van der Waals surface area contributed by atoms with Crippen LogP contribution in [-0.4, -0.2) is 43.5 Å². The van der Waals surface area contributed by atoms with Crippen molar-refractivity contribution in [3.8, 4) is 0 Å². The van der Waals surface area contributed by atoms with Crippen LogP contribution in [0.5, 0.6) is 0 Å². The van der Waals surface area contributed by atoms with Gasteiger partial charge in [0.1, 0.15) is 9.86 Å². The van der Waals surface area contributed by atoms with E-state index in [1.165, 1.54) is 11.3 Å². The Kier molecular flexibility index (Phi) is 4.03. The topological polar surface area (TPSA) is 55.2 Å². The average Bonchev–Trinajstić information content (AvgIpc) is 3.13. The number of hydrogen-bond donors (Lipinski definition) is 0. The van der Waals surface area contributed by atoms with Crippen molar-refractivity contribution < 1.29 is 8.42 Å². The van der Waals surface area contributed by atoms with E-state index in [2.05, 4.69) is 9.88 Å². The number of likely N-dealkylation sites (N-methyl/N-ethyl adjacent to an activating group) is 1. The molecule has 3 aromatic rings. The van der Waals surface area contributed by atoms with Crippen molar-refractivity contribution in [2.45, 2.75) is 15.6 Å². The lowest BCUT2D eigenvalue weighted by molar-refractivity contribution is 0.386. The minimum absolute atomic E-state index is 0.330. The summed E-state index contributed by atoms with van der Waals surface area (Å²) >= 11 is 1.23. The smallest absolute Gasteiger partial charge is 0.218 e. The number of fused-ring (bicyclic) bond motifs is 1. The number of hydrogen-bond acceptors (Lipinski definition) is 5. The van der Waals surface area contributed by atoms with Crippen molar-refractivity contribution in [2.75, 3.05) is 20.6 Å². The molecule has 0 fully saturated rings. The van der Waals surface area contributed by atoms with Crippen LogP contribution >= 0.6 is 11.3 Å². The van der Waals surface area contributed by atoms with E-state index in [1.54, 1.807) is 36.0 Å². The van der Waals surface area contributed by atoms with Gasteiger partial charge in [0, 0.05) is 30.9 Å². The van der Waals surface area contributed by atoms with E-state index in [4.69, 9.17) is 0 Å². The molecular formula is C15H17N3O2S2. The van der Waals surface area contributed by atoms with Gasteiger partial charge in [-0.25, -0.2) is 13.4 Å². The van der Waals surface area contributed by atoms with Crippen LogP contribution in [0.4, 0.5) is 0 Å². The lowest BCUT2D eigenvalue weighted by Crippen LogP contribution is -2.18. The van der Waals surface area contributed by atoms with E-state index >= 15 is 0 Å². The second-order valence-electron chi connectivity index (χ2n) is 5.30. The summed E-state index contributed by atoms with van der Waals surface area (Å²) in [5, 5.41) is 2.45. The summed E-state index contributed by atoms with van der Waals surface area (Å²) in [6, 6.07) is 6.97. The summed E-state index contributed by atoms with van der Waals surface area (Å²) in [5.74, 6) is 0. The van der Waals surface area contributed by atoms with Gasteiger partial charge in [-0.1, -0.05) is 6.07 Å². The fourth-order valence-corrected chi connectivity index (χ4v) is 4.89. The zero-order chi connectivity index (χ0) is 15.7. The largest absolute Gasteiger partial charge is 0.330 e. The Bertz CT molecular complexity index is 881. The summed E-state index contributed by atoms with van der Waals surface area (Å²) in [6.45, 7) is 1.51. The average molecular weight is 335 g/mol. The molecule has 0 aromatic carbocycles. The van der Waals surface area contributed by atoms with Gasteiger partial charge >= 0.3 is 0 Å². The minimum atomic E-state index is -3.50. The molecule has 0 aliphatic carbocycles. The minimum Gasteiger partial charge on any atom is -0.330 e. The predicted octanol–water partition coefficient (Wildman–Crippen LogP) is 2.49. The molecule has 116 valence electrons. The molecule has 0 saturated heterocycles. The lowest BCUT2D eigenvalue weighted by atomic mass is 10.3. The van der Waals surface area contributed by atoms with Crippen molar-refractivity contribution in [3.63, 3.8) is 0 Å². The maximum atomic E-state index is 12.8. The first kappa shape index (κ1) is 15.2. The zero-order valence-corrected chi connectivity index (χ0v) is 14.1. The SMILES string of the molecule is CN(C)CCn1cc(S(=O)(=O)c2cccs2)c2cccnc21. The predicted molar refractivity (Wildman–Crippen MR) is 88.1 cm³/mol. The summed E-state index contributed by atoms with van der Waals surface area (Å²) < 4.78 is 27.9. The first-order chi connectivity index (χ1) is 10.5. The van der Waals surface area contributed by atoms with E-state index in [1.807, 2.05) is 24.7 Å². The summed E-state index contributed by atoms with van der Waals surface area (Å²) in [7, 11) is 0.481. The van der Waals surface area contributed by atoms with Crippen molar-refractivity contribution >= 4 is 32.2 Å². The number of rotatable bonds is 5. The molecule has 3 heterocycles. The standard InChI is InChI=1S/C15H17N3O2S2/c1-17(2)8-9-18-11-13(12-5-3-7-16-15(12)18)22(19,20)14-6-4-10-21-14/h3-7,10-11H,8-9H2,1-2H3. The normalized spacial score (nSPS) is 12.3. The van der Waals surface area contributed by atoms with Crippen LogP contribution in [0.2, 0.25) is 0 Å². The van der Waals surface area contributed by atoms with E-state index in [-0.39, 0.29) is 0 Å². The van der Waals surface area contributed by atoms with Crippen molar-refractivity contribution in [1.82, 2.24) is 14.5 Å². The monoisotopic (exact) mass is 335 g/mol. The molecule has 0 atom stereocenters. The Morgan fingerprint density at radius 2 is 2.09 bits per heavy atom. The van der Waals surface area contributed by atoms with Gasteiger partial charge in [0.25, 0.3) is 0 Å². The number of thiophene rings is 1. The molecule has 0 unspecified atom stereocenters. The third-order valence-corrected chi connectivity index (χ3v) is 6.61. The molecule has 0 amide bonds. The highest BCUT2D eigenvalue weighted by Crippen LogP contribution is 2.31. The molecule has 0 N–H and O–H groups in total. The summed E-state index contributed by atoms with van der Waals surface area (Å²) in [4.78, 5) is 6.75. The maximum Gasteiger partial charge on any atom is 0.218 e. The fourth-order valence-electron chi connectivity index (χ4n) is 2.31. The van der Waals surface area contributed by atoms with Gasteiger partial charge in [0.15, 0.2) is 0 Å². The van der Waals surface area contributed by atoms with E-state index in [0.29, 0.717) is 26.7 Å². The Morgan fingerprint density at radius 3 is 2.77 bits per heavy atom. The Hall–Kier alpha value is -1.70. The van der Waals surface area contributed by atoms with Crippen molar-refractivity contribution in [1.29, 1.82) is 0 Å². The summed E-state index contributed by atoms with van der Waals surface area (Å²) in [6.07, 6.45) is 3.40. The van der Waals surface area contributed by atoms with Gasteiger partial charge in [-0.05, 0) is 37.7 Å². The number of aromatic nitrogens is 2. The highest BCUT2D eigenvalue weighted by Gasteiger charge is 2.24. The van der Waals surface area contributed by atoms with Gasteiger partial charge in [-0.3, -0.25) is 0 Å². The Balaban J connectivity index is 2.15. The first-order valence-corrected chi connectivity index (χ1v) is 9.23. The van der Waals surface area contributed by atoms with Crippen LogP contribution in [0.15, 0.2) is 51.1 Å². The van der Waals surface area contributed by atoms with Gasteiger partial charge in [0.05, 0.1) is 4.90 Å². The lowest BCUT2D eigenvalue weighted by Gasteiger charge is -2.10. The molecule has 22 heavy (non-hydrogen) atoms. The first-order valence-electron chi connectivity index (χ1n) is 6.87. The van der Waals surface area contributed by atoms with Crippen molar-refractivity contribution in [2.24, 2.45) is 0 Å². The molecule has 0 aliphatic heterocycles.